The molecule has 2 aromatic carbocycles. The van der Waals surface area contributed by atoms with Gasteiger partial charge in [-0.25, -0.2) is 4.98 Å². The highest BCUT2D eigenvalue weighted by atomic mass is 35.5. The molecule has 0 saturated carbocycles. The summed E-state index contributed by atoms with van der Waals surface area (Å²) in [5.41, 5.74) is 9.65. The second-order valence-corrected chi connectivity index (χ2v) is 10.8. The van der Waals surface area contributed by atoms with E-state index in [1.54, 1.807) is 12.1 Å². The second kappa shape index (κ2) is 11.3. The lowest BCUT2D eigenvalue weighted by Gasteiger charge is -2.30. The molecule has 0 radical (unpaired) electrons. The lowest BCUT2D eigenvalue weighted by Crippen LogP contribution is -2.33. The van der Waals surface area contributed by atoms with Crippen molar-refractivity contribution >= 4 is 17.5 Å². The van der Waals surface area contributed by atoms with Crippen LogP contribution in [0.2, 0.25) is 5.15 Å². The Hall–Kier alpha value is -2.83. The lowest BCUT2D eigenvalue weighted by atomic mass is 9.95. The number of primary amides is 1. The van der Waals surface area contributed by atoms with E-state index >= 15 is 0 Å². The SMILES string of the molecule is CCCCn1c(-c2ccccc2C)nc(Cl)c1CN(Cc1ccc(C(N)=O)c(O)c1)CC(C)(C)C. The maximum absolute atomic E-state index is 11.5. The summed E-state index contributed by atoms with van der Waals surface area (Å²) in [6.07, 6.45) is 2.10. The van der Waals surface area contributed by atoms with E-state index in [2.05, 4.69) is 56.2 Å². The molecule has 0 unspecified atom stereocenters. The maximum Gasteiger partial charge on any atom is 0.252 e. The number of aromatic nitrogens is 2. The first-order chi connectivity index (χ1) is 16.5. The van der Waals surface area contributed by atoms with Crippen molar-refractivity contribution in [2.75, 3.05) is 6.54 Å². The van der Waals surface area contributed by atoms with E-state index in [9.17, 15) is 9.90 Å². The van der Waals surface area contributed by atoms with E-state index in [1.807, 2.05) is 18.2 Å². The highest BCUT2D eigenvalue weighted by Crippen LogP contribution is 2.31. The van der Waals surface area contributed by atoms with Crippen molar-refractivity contribution in [2.24, 2.45) is 11.1 Å². The van der Waals surface area contributed by atoms with Crippen LogP contribution in [0.4, 0.5) is 0 Å². The Bertz CT molecular complexity index is 1180. The summed E-state index contributed by atoms with van der Waals surface area (Å²) in [7, 11) is 0. The molecular weight excluding hydrogens is 460 g/mol. The Labute approximate surface area is 213 Å². The molecule has 7 heteroatoms. The van der Waals surface area contributed by atoms with Crippen LogP contribution in [0, 0.1) is 12.3 Å². The zero-order valence-electron chi connectivity index (χ0n) is 21.4. The Balaban J connectivity index is 2.00. The van der Waals surface area contributed by atoms with Crippen LogP contribution in [0.15, 0.2) is 42.5 Å². The average molecular weight is 497 g/mol. The monoisotopic (exact) mass is 496 g/mol. The lowest BCUT2D eigenvalue weighted by molar-refractivity contribution is 0.0997. The number of hydrogen-bond acceptors (Lipinski definition) is 4. The van der Waals surface area contributed by atoms with Crippen LogP contribution >= 0.6 is 11.6 Å². The van der Waals surface area contributed by atoms with Gasteiger partial charge in [-0.3, -0.25) is 9.69 Å². The average Bonchev–Trinajstić information content (AvgIpc) is 3.06. The van der Waals surface area contributed by atoms with Gasteiger partial charge >= 0.3 is 0 Å². The van der Waals surface area contributed by atoms with Gasteiger partial charge < -0.3 is 15.4 Å². The zero-order valence-corrected chi connectivity index (χ0v) is 22.2. The van der Waals surface area contributed by atoms with Gasteiger partial charge in [0.05, 0.1) is 11.3 Å². The van der Waals surface area contributed by atoms with Crippen molar-refractivity contribution in [3.05, 3.63) is 70.0 Å². The van der Waals surface area contributed by atoms with E-state index in [0.717, 1.165) is 54.1 Å². The van der Waals surface area contributed by atoms with E-state index in [4.69, 9.17) is 22.3 Å². The van der Waals surface area contributed by atoms with Crippen molar-refractivity contribution < 1.29 is 9.90 Å². The van der Waals surface area contributed by atoms with Gasteiger partial charge in [-0.05, 0) is 42.0 Å². The van der Waals surface area contributed by atoms with E-state index in [-0.39, 0.29) is 16.7 Å². The highest BCUT2D eigenvalue weighted by Gasteiger charge is 2.23. The quantitative estimate of drug-likeness (QED) is 0.351. The van der Waals surface area contributed by atoms with Gasteiger partial charge in [-0.2, -0.15) is 0 Å². The maximum atomic E-state index is 11.5. The Morgan fingerprint density at radius 2 is 1.89 bits per heavy atom. The molecule has 1 aromatic heterocycles. The Kier molecular flexibility index (Phi) is 8.62. The molecule has 3 aromatic rings. The number of nitrogens with two attached hydrogens (primary N) is 1. The number of nitrogens with zero attached hydrogens (tertiary/aromatic N) is 3. The Morgan fingerprint density at radius 1 is 1.17 bits per heavy atom. The van der Waals surface area contributed by atoms with Crippen molar-refractivity contribution in [3.8, 4) is 17.1 Å². The van der Waals surface area contributed by atoms with Gasteiger partial charge in [0.15, 0.2) is 5.15 Å². The fourth-order valence-electron chi connectivity index (χ4n) is 4.39. The van der Waals surface area contributed by atoms with Crippen LogP contribution in [-0.4, -0.2) is 32.0 Å². The van der Waals surface area contributed by atoms with Gasteiger partial charge in [0, 0.05) is 31.7 Å². The van der Waals surface area contributed by atoms with Crippen LogP contribution in [-0.2, 0) is 19.6 Å². The molecule has 6 nitrogen and oxygen atoms in total. The number of amides is 1. The summed E-state index contributed by atoms with van der Waals surface area (Å²) in [4.78, 5) is 18.6. The molecule has 0 atom stereocenters. The number of phenols is 1. The molecule has 0 fully saturated rings. The molecule has 188 valence electrons. The third-order valence-electron chi connectivity index (χ3n) is 5.95. The first-order valence-corrected chi connectivity index (χ1v) is 12.5. The van der Waals surface area contributed by atoms with Gasteiger partial charge in [-0.1, -0.05) is 76.0 Å². The summed E-state index contributed by atoms with van der Waals surface area (Å²) in [6.45, 7) is 13.7. The highest BCUT2D eigenvalue weighted by molar-refractivity contribution is 6.30. The second-order valence-electron chi connectivity index (χ2n) is 10.4. The molecule has 0 aliphatic heterocycles. The first kappa shape index (κ1) is 26.8. The molecule has 0 spiro atoms. The van der Waals surface area contributed by atoms with Crippen molar-refractivity contribution in [2.45, 2.75) is 67.1 Å². The fraction of sp³-hybridized carbons (Fsp3) is 0.429. The minimum Gasteiger partial charge on any atom is -0.507 e. The summed E-state index contributed by atoms with van der Waals surface area (Å²) in [5, 5.41) is 10.8. The minimum atomic E-state index is -0.643. The molecule has 1 amide bonds. The summed E-state index contributed by atoms with van der Waals surface area (Å²) < 4.78 is 2.26. The van der Waals surface area contributed by atoms with E-state index in [1.165, 1.54) is 0 Å². The third kappa shape index (κ3) is 6.86. The molecule has 0 saturated heterocycles. The molecule has 3 rings (SSSR count). The fourth-order valence-corrected chi connectivity index (χ4v) is 4.63. The topological polar surface area (TPSA) is 84.4 Å². The smallest absolute Gasteiger partial charge is 0.252 e. The predicted molar refractivity (Wildman–Crippen MR) is 143 cm³/mol. The van der Waals surface area contributed by atoms with Crippen LogP contribution in [0.25, 0.3) is 11.4 Å². The number of aromatic hydroxyl groups is 1. The number of aryl methyl sites for hydroxylation is 1. The van der Waals surface area contributed by atoms with Crippen LogP contribution in [0.3, 0.4) is 0 Å². The number of unbranched alkanes of at least 4 members (excludes halogenated alkanes) is 1. The standard InChI is InChI=1S/C28H37ClN4O2/c1-6-7-14-33-23(25(29)31-27(33)21-11-9-8-10-19(21)2)17-32(18-28(3,4)5)16-20-12-13-22(26(30)35)24(34)15-20/h8-13,15,34H,6-7,14,16-18H2,1-5H3,(H2,30,35). The van der Waals surface area contributed by atoms with Crippen LogP contribution in [0.1, 0.15) is 67.7 Å². The number of benzene rings is 2. The van der Waals surface area contributed by atoms with Gasteiger partial charge in [0.2, 0.25) is 0 Å². The molecule has 0 aliphatic rings. The number of hydrogen-bond donors (Lipinski definition) is 2. The molecule has 3 N–H and O–H groups in total. The van der Waals surface area contributed by atoms with E-state index in [0.29, 0.717) is 18.2 Å². The largest absolute Gasteiger partial charge is 0.507 e. The summed E-state index contributed by atoms with van der Waals surface area (Å²) in [6, 6.07) is 13.3. The Morgan fingerprint density at radius 3 is 2.49 bits per heavy atom. The molecule has 1 heterocycles. The van der Waals surface area contributed by atoms with E-state index < -0.39 is 5.91 Å². The molecular formula is C28H37ClN4O2. The van der Waals surface area contributed by atoms with Gasteiger partial charge in [0.25, 0.3) is 5.91 Å². The number of carbonyl (C=O) groups is 1. The van der Waals surface area contributed by atoms with Crippen LogP contribution < -0.4 is 5.73 Å². The van der Waals surface area contributed by atoms with Crippen LogP contribution in [0.5, 0.6) is 5.75 Å². The first-order valence-electron chi connectivity index (χ1n) is 12.1. The van der Waals surface area contributed by atoms with Gasteiger partial charge in [-0.15, -0.1) is 0 Å². The predicted octanol–water partition coefficient (Wildman–Crippen LogP) is 6.16. The van der Waals surface area contributed by atoms with Crippen molar-refractivity contribution in [3.63, 3.8) is 0 Å². The molecule has 35 heavy (non-hydrogen) atoms. The number of imidazole rings is 1. The molecule has 0 aliphatic carbocycles. The zero-order chi connectivity index (χ0) is 25.8. The minimum absolute atomic E-state index is 0.0365. The third-order valence-corrected chi connectivity index (χ3v) is 6.25. The number of rotatable bonds is 10. The van der Waals surface area contributed by atoms with Gasteiger partial charge in [0.1, 0.15) is 11.6 Å². The molecule has 0 bridgehead atoms. The number of halogens is 1. The number of carbonyl (C=O) groups excluding carboxylic acids is 1. The van der Waals surface area contributed by atoms with Crippen molar-refractivity contribution in [1.82, 2.24) is 14.5 Å². The summed E-state index contributed by atoms with van der Waals surface area (Å²) in [5.74, 6) is 0.158. The normalized spacial score (nSPS) is 11.9. The summed E-state index contributed by atoms with van der Waals surface area (Å²) >= 11 is 6.78. The van der Waals surface area contributed by atoms with Crippen molar-refractivity contribution in [1.29, 1.82) is 0 Å².